The zero-order chi connectivity index (χ0) is 13.5. The van der Waals surface area contributed by atoms with E-state index in [-0.39, 0.29) is 23.4 Å². The fraction of sp³-hybridized carbons (Fsp3) is 0.600. The van der Waals surface area contributed by atoms with E-state index in [2.05, 4.69) is 20.6 Å². The van der Waals surface area contributed by atoms with Gasteiger partial charge in [-0.25, -0.2) is 9.97 Å². The number of hydrogen-bond acceptors (Lipinski definition) is 7. The predicted molar refractivity (Wildman–Crippen MR) is 67.8 cm³/mol. The smallest absolute Gasteiger partial charge is 0.353 e. The van der Waals surface area contributed by atoms with Crippen molar-refractivity contribution in [2.24, 2.45) is 0 Å². The third-order valence-corrected chi connectivity index (χ3v) is 2.20. The number of hydrogen-bond donors (Lipinski definition) is 2. The van der Waals surface area contributed by atoms with Crippen molar-refractivity contribution in [2.45, 2.75) is 19.9 Å². The van der Waals surface area contributed by atoms with Crippen LogP contribution in [0.15, 0.2) is 6.33 Å². The van der Waals surface area contributed by atoms with Crippen LogP contribution in [-0.4, -0.2) is 41.2 Å². The summed E-state index contributed by atoms with van der Waals surface area (Å²) in [6.45, 7) is 4.80. The molecule has 0 amide bonds. The Hall–Kier alpha value is -1.96. The molecular formula is C10H17N5O3. The summed E-state index contributed by atoms with van der Waals surface area (Å²) in [5, 5.41) is 16.6. The van der Waals surface area contributed by atoms with Crippen molar-refractivity contribution in [1.29, 1.82) is 0 Å². The van der Waals surface area contributed by atoms with Gasteiger partial charge in [0.25, 0.3) is 0 Å². The van der Waals surface area contributed by atoms with Gasteiger partial charge in [0.2, 0.25) is 11.6 Å². The van der Waals surface area contributed by atoms with E-state index >= 15 is 0 Å². The maximum Gasteiger partial charge on any atom is 0.353 e. The number of nitro groups is 1. The summed E-state index contributed by atoms with van der Waals surface area (Å²) in [4.78, 5) is 18.2. The molecule has 0 spiro atoms. The van der Waals surface area contributed by atoms with Gasteiger partial charge in [-0.15, -0.1) is 0 Å². The monoisotopic (exact) mass is 255 g/mol. The third kappa shape index (κ3) is 3.52. The van der Waals surface area contributed by atoms with Gasteiger partial charge in [-0.3, -0.25) is 10.1 Å². The van der Waals surface area contributed by atoms with E-state index in [0.29, 0.717) is 13.2 Å². The molecule has 0 radical (unpaired) electrons. The lowest BCUT2D eigenvalue weighted by Crippen LogP contribution is -2.23. The molecule has 1 unspecified atom stereocenters. The molecule has 0 bridgehead atoms. The zero-order valence-electron chi connectivity index (χ0n) is 10.6. The quantitative estimate of drug-likeness (QED) is 0.558. The molecule has 0 aromatic carbocycles. The van der Waals surface area contributed by atoms with Gasteiger partial charge < -0.3 is 15.4 Å². The SMILES string of the molecule is CCOCC(C)Nc1ncnc(NC)c1[N+](=O)[O-]. The van der Waals surface area contributed by atoms with E-state index in [4.69, 9.17) is 4.74 Å². The normalized spacial score (nSPS) is 11.9. The van der Waals surface area contributed by atoms with Crippen LogP contribution in [0.5, 0.6) is 0 Å². The number of ether oxygens (including phenoxy) is 1. The molecule has 18 heavy (non-hydrogen) atoms. The summed E-state index contributed by atoms with van der Waals surface area (Å²) < 4.78 is 5.23. The molecule has 0 aliphatic carbocycles. The molecule has 0 aliphatic rings. The summed E-state index contributed by atoms with van der Waals surface area (Å²) in [6.07, 6.45) is 1.27. The maximum absolute atomic E-state index is 11.0. The van der Waals surface area contributed by atoms with Gasteiger partial charge in [0, 0.05) is 19.7 Å². The van der Waals surface area contributed by atoms with Crippen LogP contribution in [0, 0.1) is 10.1 Å². The van der Waals surface area contributed by atoms with Crippen LogP contribution >= 0.6 is 0 Å². The maximum atomic E-state index is 11.0. The summed E-state index contributed by atoms with van der Waals surface area (Å²) in [5.41, 5.74) is -0.164. The van der Waals surface area contributed by atoms with E-state index < -0.39 is 4.92 Å². The molecule has 1 rings (SSSR count). The Morgan fingerprint density at radius 2 is 2.17 bits per heavy atom. The van der Waals surface area contributed by atoms with Crippen LogP contribution in [0.4, 0.5) is 17.3 Å². The number of nitrogens with one attached hydrogen (secondary N) is 2. The molecule has 0 saturated heterocycles. The largest absolute Gasteiger partial charge is 0.380 e. The van der Waals surface area contributed by atoms with E-state index in [1.165, 1.54) is 6.33 Å². The average molecular weight is 255 g/mol. The van der Waals surface area contributed by atoms with Crippen LogP contribution in [0.3, 0.4) is 0 Å². The summed E-state index contributed by atoms with van der Waals surface area (Å²) in [7, 11) is 1.57. The van der Waals surface area contributed by atoms with Gasteiger partial charge in [-0.2, -0.15) is 0 Å². The van der Waals surface area contributed by atoms with E-state index in [1.54, 1.807) is 7.05 Å². The highest BCUT2D eigenvalue weighted by Crippen LogP contribution is 2.28. The standard InChI is InChI=1S/C10H17N5O3/c1-4-18-5-7(2)14-10-8(15(16)17)9(11-3)12-6-13-10/h6-7H,4-5H2,1-3H3,(H2,11,12,13,14). The van der Waals surface area contributed by atoms with Gasteiger partial charge in [0.05, 0.1) is 11.5 Å². The van der Waals surface area contributed by atoms with Crippen LogP contribution in [0.1, 0.15) is 13.8 Å². The Kier molecular flexibility index (Phi) is 5.25. The predicted octanol–water partition coefficient (Wildman–Crippen LogP) is 1.26. The van der Waals surface area contributed by atoms with Gasteiger partial charge in [-0.1, -0.05) is 0 Å². The summed E-state index contributed by atoms with van der Waals surface area (Å²) in [6, 6.07) is -0.0803. The minimum absolute atomic E-state index is 0.0803. The fourth-order valence-corrected chi connectivity index (χ4v) is 1.41. The average Bonchev–Trinajstić information content (AvgIpc) is 2.35. The minimum atomic E-state index is -0.512. The number of nitrogens with zero attached hydrogens (tertiary/aromatic N) is 3. The first kappa shape index (κ1) is 14.1. The van der Waals surface area contributed by atoms with Crippen molar-refractivity contribution in [3.63, 3.8) is 0 Å². The van der Waals surface area contributed by atoms with E-state index in [9.17, 15) is 10.1 Å². The Labute approximate surface area is 105 Å². The summed E-state index contributed by atoms with van der Waals surface area (Å²) in [5.74, 6) is 0.368. The van der Waals surface area contributed by atoms with E-state index in [1.807, 2.05) is 13.8 Å². The molecule has 1 heterocycles. The molecule has 1 aromatic heterocycles. The molecule has 0 aliphatic heterocycles. The first-order valence-corrected chi connectivity index (χ1v) is 5.61. The van der Waals surface area contributed by atoms with Gasteiger partial charge >= 0.3 is 5.69 Å². The number of rotatable bonds is 7. The lowest BCUT2D eigenvalue weighted by Gasteiger charge is -2.14. The molecule has 100 valence electrons. The lowest BCUT2D eigenvalue weighted by molar-refractivity contribution is -0.383. The van der Waals surface area contributed by atoms with Crippen molar-refractivity contribution in [3.05, 3.63) is 16.4 Å². The van der Waals surface area contributed by atoms with Crippen molar-refractivity contribution in [2.75, 3.05) is 30.9 Å². The van der Waals surface area contributed by atoms with Crippen molar-refractivity contribution in [1.82, 2.24) is 9.97 Å². The minimum Gasteiger partial charge on any atom is -0.380 e. The Bertz CT molecular complexity index is 412. The van der Waals surface area contributed by atoms with Gasteiger partial charge in [0.15, 0.2) is 0 Å². The second-order valence-corrected chi connectivity index (χ2v) is 3.63. The fourth-order valence-electron chi connectivity index (χ4n) is 1.41. The van der Waals surface area contributed by atoms with Gasteiger partial charge in [0.1, 0.15) is 6.33 Å². The van der Waals surface area contributed by atoms with Crippen molar-refractivity contribution < 1.29 is 9.66 Å². The highest BCUT2D eigenvalue weighted by molar-refractivity contribution is 5.69. The number of aromatic nitrogens is 2. The zero-order valence-corrected chi connectivity index (χ0v) is 10.6. The first-order valence-electron chi connectivity index (χ1n) is 5.61. The first-order chi connectivity index (χ1) is 8.60. The topological polar surface area (TPSA) is 102 Å². The third-order valence-electron chi connectivity index (χ3n) is 2.20. The lowest BCUT2D eigenvalue weighted by atomic mass is 10.3. The Morgan fingerprint density at radius 1 is 1.50 bits per heavy atom. The second-order valence-electron chi connectivity index (χ2n) is 3.63. The molecular weight excluding hydrogens is 238 g/mol. The van der Waals surface area contributed by atoms with E-state index in [0.717, 1.165) is 0 Å². The van der Waals surface area contributed by atoms with Crippen LogP contribution in [0.25, 0.3) is 0 Å². The Balaban J connectivity index is 2.90. The molecule has 2 N–H and O–H groups in total. The van der Waals surface area contributed by atoms with Gasteiger partial charge in [-0.05, 0) is 13.8 Å². The molecule has 8 nitrogen and oxygen atoms in total. The molecule has 0 fully saturated rings. The molecule has 1 atom stereocenters. The van der Waals surface area contributed by atoms with Crippen LogP contribution < -0.4 is 10.6 Å². The van der Waals surface area contributed by atoms with Crippen molar-refractivity contribution in [3.8, 4) is 0 Å². The second kappa shape index (κ2) is 6.70. The van der Waals surface area contributed by atoms with Crippen molar-refractivity contribution >= 4 is 17.3 Å². The highest BCUT2D eigenvalue weighted by Gasteiger charge is 2.22. The Morgan fingerprint density at radius 3 is 2.72 bits per heavy atom. The molecule has 8 heteroatoms. The molecule has 1 aromatic rings. The summed E-state index contributed by atoms with van der Waals surface area (Å²) >= 11 is 0. The van der Waals surface area contributed by atoms with Crippen LogP contribution in [0.2, 0.25) is 0 Å². The molecule has 0 saturated carbocycles. The number of anilines is 2. The highest BCUT2D eigenvalue weighted by atomic mass is 16.6. The van der Waals surface area contributed by atoms with Crippen LogP contribution in [-0.2, 0) is 4.74 Å².